The first-order valence-corrected chi connectivity index (χ1v) is 9.70. The van der Waals surface area contributed by atoms with Crippen LogP contribution in [-0.2, 0) is 4.79 Å². The average Bonchev–Trinajstić information content (AvgIpc) is 2.63. The zero-order valence-electron chi connectivity index (χ0n) is 15.4. The molecule has 1 aliphatic heterocycles. The highest BCUT2D eigenvalue weighted by Crippen LogP contribution is 2.23. The van der Waals surface area contributed by atoms with Gasteiger partial charge in [-0.1, -0.05) is 24.6 Å². The molecule has 3 atom stereocenters. The zero-order chi connectivity index (χ0) is 17.6. The molecular formula is C20H32N4O. The van der Waals surface area contributed by atoms with Crippen LogP contribution >= 0.6 is 0 Å². The number of carbonyl (C=O) groups is 1. The predicted molar refractivity (Wildman–Crippen MR) is 103 cm³/mol. The summed E-state index contributed by atoms with van der Waals surface area (Å²) in [4.78, 5) is 17.3. The van der Waals surface area contributed by atoms with E-state index in [0.717, 1.165) is 58.4 Å². The van der Waals surface area contributed by atoms with E-state index in [2.05, 4.69) is 52.4 Å². The fourth-order valence-electron chi connectivity index (χ4n) is 4.09. The van der Waals surface area contributed by atoms with E-state index in [1.807, 2.05) is 0 Å². The Morgan fingerprint density at radius 1 is 1.20 bits per heavy atom. The van der Waals surface area contributed by atoms with Gasteiger partial charge in [-0.2, -0.15) is 0 Å². The second-order valence-electron chi connectivity index (χ2n) is 7.66. The lowest BCUT2D eigenvalue weighted by Gasteiger charge is -2.37. The molecule has 1 amide bonds. The topological polar surface area (TPSA) is 61.6 Å². The van der Waals surface area contributed by atoms with Crippen LogP contribution in [0.5, 0.6) is 0 Å². The number of para-hydroxylation sites is 1. The molecule has 3 N–H and O–H groups in total. The van der Waals surface area contributed by atoms with Crippen LogP contribution in [0.1, 0.15) is 32.6 Å². The van der Waals surface area contributed by atoms with Gasteiger partial charge in [-0.05, 0) is 38.3 Å². The van der Waals surface area contributed by atoms with Crippen molar-refractivity contribution in [2.45, 2.75) is 44.7 Å². The molecule has 3 unspecified atom stereocenters. The number of nitrogens with one attached hydrogen (secondary N) is 1. The molecule has 2 aliphatic rings. The van der Waals surface area contributed by atoms with E-state index in [1.54, 1.807) is 0 Å². The second-order valence-corrected chi connectivity index (χ2v) is 7.66. The summed E-state index contributed by atoms with van der Waals surface area (Å²) >= 11 is 0. The molecule has 138 valence electrons. The number of piperazine rings is 1. The van der Waals surface area contributed by atoms with Crippen LogP contribution in [0.3, 0.4) is 0 Å². The first-order chi connectivity index (χ1) is 12.1. The van der Waals surface area contributed by atoms with Crippen molar-refractivity contribution in [3.8, 4) is 0 Å². The van der Waals surface area contributed by atoms with Gasteiger partial charge in [-0.25, -0.2) is 0 Å². The van der Waals surface area contributed by atoms with Crippen LogP contribution in [0.4, 0.5) is 5.69 Å². The summed E-state index contributed by atoms with van der Waals surface area (Å²) in [6.07, 6.45) is 3.97. The van der Waals surface area contributed by atoms with Gasteiger partial charge in [-0.15, -0.1) is 0 Å². The number of nitrogens with zero attached hydrogens (tertiary/aromatic N) is 2. The molecule has 1 aromatic rings. The van der Waals surface area contributed by atoms with Crippen LogP contribution in [0.2, 0.25) is 0 Å². The van der Waals surface area contributed by atoms with Crippen molar-refractivity contribution in [2.24, 2.45) is 11.7 Å². The van der Waals surface area contributed by atoms with Gasteiger partial charge < -0.3 is 16.0 Å². The van der Waals surface area contributed by atoms with Gasteiger partial charge in [0.15, 0.2) is 0 Å². The van der Waals surface area contributed by atoms with E-state index in [-0.39, 0.29) is 23.9 Å². The molecule has 0 bridgehead atoms. The fraction of sp³-hybridized carbons (Fsp3) is 0.650. The number of hydrogen-bond acceptors (Lipinski definition) is 4. The van der Waals surface area contributed by atoms with Crippen LogP contribution in [0.15, 0.2) is 30.3 Å². The Kier molecular flexibility index (Phi) is 6.32. The minimum absolute atomic E-state index is 0.112. The molecule has 5 nitrogen and oxygen atoms in total. The van der Waals surface area contributed by atoms with Crippen molar-refractivity contribution < 1.29 is 4.79 Å². The van der Waals surface area contributed by atoms with Gasteiger partial charge in [0.05, 0.1) is 0 Å². The number of amides is 1. The molecule has 1 saturated carbocycles. The number of benzene rings is 1. The Bertz CT molecular complexity index is 542. The Labute approximate surface area is 151 Å². The summed E-state index contributed by atoms with van der Waals surface area (Å²) in [6, 6.07) is 11.0. The Morgan fingerprint density at radius 2 is 1.92 bits per heavy atom. The maximum Gasteiger partial charge on any atom is 0.223 e. The quantitative estimate of drug-likeness (QED) is 0.855. The van der Waals surface area contributed by atoms with Gasteiger partial charge in [-0.3, -0.25) is 9.69 Å². The lowest BCUT2D eigenvalue weighted by Crippen LogP contribution is -2.51. The smallest absolute Gasteiger partial charge is 0.223 e. The SMILES string of the molecule is CC(CN1CCN(c2ccccc2)CC1)NC(=O)C1CCCC(N)C1. The standard InChI is InChI=1S/C20H32N4O/c1-16(22-20(25)17-6-5-7-18(21)14-17)15-23-10-12-24(13-11-23)19-8-3-2-4-9-19/h2-4,8-9,16-18H,5-7,10-15,21H2,1H3,(H,22,25). The lowest BCUT2D eigenvalue weighted by molar-refractivity contribution is -0.126. The van der Waals surface area contributed by atoms with Crippen LogP contribution in [-0.4, -0.2) is 55.6 Å². The van der Waals surface area contributed by atoms with E-state index in [9.17, 15) is 4.79 Å². The summed E-state index contributed by atoms with van der Waals surface area (Å²) in [7, 11) is 0. The van der Waals surface area contributed by atoms with E-state index < -0.39 is 0 Å². The summed E-state index contributed by atoms with van der Waals surface area (Å²) in [5, 5.41) is 3.21. The molecule has 0 spiro atoms. The Morgan fingerprint density at radius 3 is 2.60 bits per heavy atom. The van der Waals surface area contributed by atoms with E-state index in [1.165, 1.54) is 5.69 Å². The van der Waals surface area contributed by atoms with Gasteiger partial charge in [0.1, 0.15) is 0 Å². The number of hydrogen-bond donors (Lipinski definition) is 2. The predicted octanol–water partition coefficient (Wildman–Crippen LogP) is 1.83. The largest absolute Gasteiger partial charge is 0.369 e. The first-order valence-electron chi connectivity index (χ1n) is 9.70. The van der Waals surface area contributed by atoms with Crippen molar-refractivity contribution in [1.82, 2.24) is 10.2 Å². The maximum absolute atomic E-state index is 12.4. The Balaban J connectivity index is 1.40. The molecule has 3 rings (SSSR count). The highest BCUT2D eigenvalue weighted by molar-refractivity contribution is 5.79. The number of carbonyl (C=O) groups excluding carboxylic acids is 1. The fourth-order valence-corrected chi connectivity index (χ4v) is 4.09. The third-order valence-corrected chi connectivity index (χ3v) is 5.50. The van der Waals surface area contributed by atoms with Gasteiger partial charge in [0.2, 0.25) is 5.91 Å². The molecule has 0 radical (unpaired) electrons. The summed E-state index contributed by atoms with van der Waals surface area (Å²) < 4.78 is 0. The normalized spacial score (nSPS) is 26.2. The molecular weight excluding hydrogens is 312 g/mol. The Hall–Kier alpha value is -1.59. The summed E-state index contributed by atoms with van der Waals surface area (Å²) in [5.41, 5.74) is 7.31. The number of rotatable bonds is 5. The van der Waals surface area contributed by atoms with Gasteiger partial charge >= 0.3 is 0 Å². The van der Waals surface area contributed by atoms with Crippen LogP contribution < -0.4 is 16.0 Å². The van der Waals surface area contributed by atoms with Crippen molar-refractivity contribution in [2.75, 3.05) is 37.6 Å². The van der Waals surface area contributed by atoms with Crippen LogP contribution in [0.25, 0.3) is 0 Å². The third-order valence-electron chi connectivity index (χ3n) is 5.50. The van der Waals surface area contributed by atoms with E-state index in [0.29, 0.717) is 0 Å². The monoisotopic (exact) mass is 344 g/mol. The van der Waals surface area contributed by atoms with Crippen molar-refractivity contribution in [3.63, 3.8) is 0 Å². The molecule has 1 aliphatic carbocycles. The molecule has 5 heteroatoms. The average molecular weight is 345 g/mol. The zero-order valence-corrected chi connectivity index (χ0v) is 15.4. The minimum Gasteiger partial charge on any atom is -0.369 e. The van der Waals surface area contributed by atoms with Crippen molar-refractivity contribution in [3.05, 3.63) is 30.3 Å². The molecule has 1 aromatic carbocycles. The van der Waals surface area contributed by atoms with Crippen LogP contribution in [0, 0.1) is 5.92 Å². The van der Waals surface area contributed by atoms with Gasteiger partial charge in [0.25, 0.3) is 0 Å². The third kappa shape index (κ3) is 5.19. The maximum atomic E-state index is 12.4. The summed E-state index contributed by atoms with van der Waals surface area (Å²) in [6.45, 7) is 7.22. The van der Waals surface area contributed by atoms with E-state index >= 15 is 0 Å². The van der Waals surface area contributed by atoms with E-state index in [4.69, 9.17) is 5.73 Å². The van der Waals surface area contributed by atoms with Crippen molar-refractivity contribution in [1.29, 1.82) is 0 Å². The molecule has 25 heavy (non-hydrogen) atoms. The number of nitrogens with two attached hydrogens (primary N) is 1. The van der Waals surface area contributed by atoms with Gasteiger partial charge in [0, 0.05) is 56.4 Å². The number of anilines is 1. The molecule has 2 fully saturated rings. The molecule has 1 heterocycles. The minimum atomic E-state index is 0.112. The van der Waals surface area contributed by atoms with Crippen molar-refractivity contribution >= 4 is 11.6 Å². The summed E-state index contributed by atoms with van der Waals surface area (Å²) in [5.74, 6) is 0.312. The lowest BCUT2D eigenvalue weighted by atomic mass is 9.85. The molecule has 1 saturated heterocycles. The second kappa shape index (κ2) is 8.68. The highest BCUT2D eigenvalue weighted by Gasteiger charge is 2.26. The molecule has 0 aromatic heterocycles. The highest BCUT2D eigenvalue weighted by atomic mass is 16.1. The first kappa shape index (κ1) is 18.2.